The van der Waals surface area contributed by atoms with Crippen molar-refractivity contribution in [2.45, 2.75) is 45.7 Å². The van der Waals surface area contributed by atoms with E-state index in [2.05, 4.69) is 29.3 Å². The minimum atomic E-state index is -0.229. The van der Waals surface area contributed by atoms with Crippen molar-refractivity contribution in [2.24, 2.45) is 11.0 Å². The van der Waals surface area contributed by atoms with Crippen LogP contribution >= 0.6 is 0 Å². The van der Waals surface area contributed by atoms with Crippen LogP contribution in [0.15, 0.2) is 29.4 Å². The van der Waals surface area contributed by atoms with Crippen molar-refractivity contribution in [1.29, 1.82) is 0 Å². The summed E-state index contributed by atoms with van der Waals surface area (Å²) in [5.41, 5.74) is 3.91. The van der Waals surface area contributed by atoms with Gasteiger partial charge in [0.25, 0.3) is 5.91 Å². The lowest BCUT2D eigenvalue weighted by molar-refractivity contribution is -0.125. The summed E-state index contributed by atoms with van der Waals surface area (Å²) in [6.45, 7) is 7.25. The first-order valence-corrected chi connectivity index (χ1v) is 9.57. The molecule has 0 aromatic heterocycles. The number of nitrogens with zero attached hydrogens (tertiary/aromatic N) is 3. The molecule has 2 aliphatic heterocycles. The number of nitrogens with one attached hydrogen (secondary N) is 1. The van der Waals surface area contributed by atoms with Gasteiger partial charge in [0.15, 0.2) is 0 Å². The molecule has 1 atom stereocenters. The summed E-state index contributed by atoms with van der Waals surface area (Å²) >= 11 is 0. The molecule has 1 saturated heterocycles. The standard InChI is InChI=1S/C20H27FN4O2/c1-14(2)18-13-25(20(27)17-8-9-19(26)23-22-17)11-3-10-24(18)12-15-4-6-16(21)7-5-15/h4-7,14,18H,3,8-13H2,1-2H3,(H,23,26)/t18-/m1/s1. The molecule has 7 heteroatoms. The van der Waals surface area contributed by atoms with Crippen molar-refractivity contribution in [1.82, 2.24) is 15.2 Å². The number of hydrazone groups is 1. The summed E-state index contributed by atoms with van der Waals surface area (Å²) in [6.07, 6.45) is 1.57. The average Bonchev–Trinajstić information content (AvgIpc) is 2.86. The van der Waals surface area contributed by atoms with Crippen LogP contribution < -0.4 is 5.43 Å². The first-order valence-electron chi connectivity index (χ1n) is 9.57. The van der Waals surface area contributed by atoms with Gasteiger partial charge in [-0.05, 0) is 30.0 Å². The molecular formula is C20H27FN4O2. The third kappa shape index (κ3) is 4.91. The van der Waals surface area contributed by atoms with Gasteiger partial charge in [0.1, 0.15) is 11.5 Å². The maximum absolute atomic E-state index is 13.2. The molecule has 1 aromatic carbocycles. The zero-order valence-electron chi connectivity index (χ0n) is 15.9. The summed E-state index contributed by atoms with van der Waals surface area (Å²) in [6, 6.07) is 6.83. The molecule has 3 rings (SSSR count). The molecule has 0 spiro atoms. The molecule has 1 fully saturated rings. The van der Waals surface area contributed by atoms with E-state index >= 15 is 0 Å². The predicted octanol–water partition coefficient (Wildman–Crippen LogP) is 2.15. The lowest BCUT2D eigenvalue weighted by atomic mass is 10.0. The largest absolute Gasteiger partial charge is 0.336 e. The first-order chi connectivity index (χ1) is 12.9. The van der Waals surface area contributed by atoms with Gasteiger partial charge in [-0.15, -0.1) is 0 Å². The minimum absolute atomic E-state index is 0.0794. The number of hydrogen-bond acceptors (Lipinski definition) is 4. The molecule has 27 heavy (non-hydrogen) atoms. The molecule has 0 aliphatic carbocycles. The highest BCUT2D eigenvalue weighted by atomic mass is 19.1. The van der Waals surface area contributed by atoms with E-state index in [1.165, 1.54) is 12.1 Å². The van der Waals surface area contributed by atoms with Crippen molar-refractivity contribution in [2.75, 3.05) is 19.6 Å². The Hall–Kier alpha value is -2.28. The SMILES string of the molecule is CC(C)[C@H]1CN(C(=O)C2=NNC(=O)CC2)CCCN1Cc1ccc(F)cc1. The fourth-order valence-electron chi connectivity index (χ4n) is 3.71. The molecular weight excluding hydrogens is 347 g/mol. The van der Waals surface area contributed by atoms with E-state index in [-0.39, 0.29) is 23.7 Å². The number of benzene rings is 1. The quantitative estimate of drug-likeness (QED) is 0.878. The highest BCUT2D eigenvalue weighted by molar-refractivity contribution is 6.39. The smallest absolute Gasteiger partial charge is 0.270 e. The van der Waals surface area contributed by atoms with E-state index in [9.17, 15) is 14.0 Å². The molecule has 0 saturated carbocycles. The number of carbonyl (C=O) groups is 2. The van der Waals surface area contributed by atoms with Gasteiger partial charge in [-0.2, -0.15) is 5.10 Å². The zero-order valence-corrected chi connectivity index (χ0v) is 15.9. The molecule has 2 amide bonds. The minimum Gasteiger partial charge on any atom is -0.336 e. The molecule has 6 nitrogen and oxygen atoms in total. The Labute approximate surface area is 159 Å². The second kappa shape index (κ2) is 8.61. The third-order valence-corrected chi connectivity index (χ3v) is 5.26. The van der Waals surface area contributed by atoms with Crippen LogP contribution in [0.4, 0.5) is 4.39 Å². The van der Waals surface area contributed by atoms with Crippen molar-refractivity contribution < 1.29 is 14.0 Å². The van der Waals surface area contributed by atoms with E-state index in [1.807, 2.05) is 17.0 Å². The van der Waals surface area contributed by atoms with E-state index in [4.69, 9.17) is 0 Å². The molecule has 146 valence electrons. The average molecular weight is 374 g/mol. The van der Waals surface area contributed by atoms with Crippen LogP contribution in [0.2, 0.25) is 0 Å². The lowest BCUT2D eigenvalue weighted by Crippen LogP contribution is -2.47. The van der Waals surface area contributed by atoms with Crippen molar-refractivity contribution in [3.05, 3.63) is 35.6 Å². The normalized spacial score (nSPS) is 21.6. The fourth-order valence-corrected chi connectivity index (χ4v) is 3.71. The zero-order chi connectivity index (χ0) is 19.4. The van der Waals surface area contributed by atoms with Gasteiger partial charge in [-0.25, -0.2) is 9.82 Å². The van der Waals surface area contributed by atoms with Gasteiger partial charge >= 0.3 is 0 Å². The van der Waals surface area contributed by atoms with Gasteiger partial charge in [-0.3, -0.25) is 14.5 Å². The topological polar surface area (TPSA) is 65.0 Å². The maximum atomic E-state index is 13.2. The molecule has 0 radical (unpaired) electrons. The Balaban J connectivity index is 1.71. The Bertz CT molecular complexity index is 717. The van der Waals surface area contributed by atoms with Crippen LogP contribution in [0.3, 0.4) is 0 Å². The molecule has 2 heterocycles. The monoisotopic (exact) mass is 374 g/mol. The Morgan fingerprint density at radius 1 is 1.26 bits per heavy atom. The van der Waals surface area contributed by atoms with E-state index in [1.54, 1.807) is 0 Å². The molecule has 1 N–H and O–H groups in total. The van der Waals surface area contributed by atoms with Crippen LogP contribution in [-0.4, -0.2) is 53.0 Å². The summed E-state index contributed by atoms with van der Waals surface area (Å²) in [5.74, 6) is -0.0868. The Morgan fingerprint density at radius 2 is 2.00 bits per heavy atom. The van der Waals surface area contributed by atoms with Crippen molar-refractivity contribution >= 4 is 17.5 Å². The first kappa shape index (κ1) is 19.5. The van der Waals surface area contributed by atoms with Crippen molar-refractivity contribution in [3.63, 3.8) is 0 Å². The van der Waals surface area contributed by atoms with E-state index in [0.717, 1.165) is 25.1 Å². The Kier molecular flexibility index (Phi) is 6.21. The second-order valence-corrected chi connectivity index (χ2v) is 7.61. The molecule has 0 unspecified atom stereocenters. The van der Waals surface area contributed by atoms with Gasteiger partial charge in [0, 0.05) is 45.1 Å². The predicted molar refractivity (Wildman–Crippen MR) is 101 cm³/mol. The fraction of sp³-hybridized carbons (Fsp3) is 0.550. The number of amides is 2. The van der Waals surface area contributed by atoms with Crippen LogP contribution in [0, 0.1) is 11.7 Å². The number of rotatable bonds is 4. The number of halogens is 1. The van der Waals surface area contributed by atoms with Crippen LogP contribution in [0.5, 0.6) is 0 Å². The van der Waals surface area contributed by atoms with E-state index < -0.39 is 0 Å². The van der Waals surface area contributed by atoms with Gasteiger partial charge in [0.2, 0.25) is 5.91 Å². The Morgan fingerprint density at radius 3 is 2.63 bits per heavy atom. The number of carbonyl (C=O) groups excluding carboxylic acids is 2. The van der Waals surface area contributed by atoms with Crippen molar-refractivity contribution in [3.8, 4) is 0 Å². The highest BCUT2D eigenvalue weighted by Crippen LogP contribution is 2.21. The summed E-state index contributed by atoms with van der Waals surface area (Å²) in [4.78, 5) is 28.4. The van der Waals surface area contributed by atoms with Crippen LogP contribution in [0.25, 0.3) is 0 Å². The third-order valence-electron chi connectivity index (χ3n) is 5.26. The van der Waals surface area contributed by atoms with Crippen LogP contribution in [0.1, 0.15) is 38.7 Å². The second-order valence-electron chi connectivity index (χ2n) is 7.61. The maximum Gasteiger partial charge on any atom is 0.270 e. The van der Waals surface area contributed by atoms with Gasteiger partial charge < -0.3 is 4.90 Å². The molecule has 2 aliphatic rings. The number of hydrogen-bond donors (Lipinski definition) is 1. The molecule has 0 bridgehead atoms. The summed E-state index contributed by atoms with van der Waals surface area (Å²) in [5, 5.41) is 3.96. The lowest BCUT2D eigenvalue weighted by Gasteiger charge is -2.34. The summed E-state index contributed by atoms with van der Waals surface area (Å²) < 4.78 is 13.2. The van der Waals surface area contributed by atoms with E-state index in [0.29, 0.717) is 37.6 Å². The highest BCUT2D eigenvalue weighted by Gasteiger charge is 2.31. The van der Waals surface area contributed by atoms with Gasteiger partial charge in [-0.1, -0.05) is 26.0 Å². The summed E-state index contributed by atoms with van der Waals surface area (Å²) in [7, 11) is 0. The van der Waals surface area contributed by atoms with Gasteiger partial charge in [0.05, 0.1) is 0 Å². The molecule has 1 aromatic rings. The van der Waals surface area contributed by atoms with Crippen LogP contribution in [-0.2, 0) is 16.1 Å².